The van der Waals surface area contributed by atoms with Crippen LogP contribution in [0.25, 0.3) is 5.69 Å². The Morgan fingerprint density at radius 3 is 2.76 bits per heavy atom. The Morgan fingerprint density at radius 2 is 2.12 bits per heavy atom. The van der Waals surface area contributed by atoms with E-state index < -0.39 is 33.1 Å². The van der Waals surface area contributed by atoms with Crippen molar-refractivity contribution in [1.29, 1.82) is 0 Å². The lowest BCUT2D eigenvalue weighted by atomic mass is 10.2. The number of aromatic hydroxyl groups is 1. The van der Waals surface area contributed by atoms with Crippen molar-refractivity contribution in [1.82, 2.24) is 15.1 Å². The number of nitrogens with one attached hydrogen (secondary N) is 1. The Balaban J connectivity index is 1.93. The van der Waals surface area contributed by atoms with Gasteiger partial charge >= 0.3 is 0 Å². The molecule has 0 aliphatic carbocycles. The van der Waals surface area contributed by atoms with Crippen LogP contribution < -0.4 is 10.9 Å². The topological polar surface area (TPSA) is 118 Å². The maximum atomic E-state index is 12.4. The van der Waals surface area contributed by atoms with Crippen LogP contribution in [-0.2, 0) is 9.84 Å². The highest BCUT2D eigenvalue weighted by atomic mass is 32.2. The van der Waals surface area contributed by atoms with Crippen LogP contribution in [0.5, 0.6) is 5.75 Å². The van der Waals surface area contributed by atoms with E-state index in [1.54, 1.807) is 18.2 Å². The largest absolute Gasteiger partial charge is 0.505 e. The summed E-state index contributed by atoms with van der Waals surface area (Å²) in [6.07, 6.45) is 0.312. The normalized spacial score (nSPS) is 18.8. The van der Waals surface area contributed by atoms with Crippen LogP contribution in [0.2, 0.25) is 0 Å². The van der Waals surface area contributed by atoms with E-state index in [2.05, 4.69) is 10.4 Å². The number of amides is 1. The number of nitrogens with zero attached hydrogens (tertiary/aromatic N) is 2. The number of aryl methyl sites for hydroxylation is 1. The lowest BCUT2D eigenvalue weighted by Crippen LogP contribution is -2.37. The molecule has 25 heavy (non-hydrogen) atoms. The zero-order valence-electron chi connectivity index (χ0n) is 13.5. The minimum atomic E-state index is -3.15. The van der Waals surface area contributed by atoms with Crippen molar-refractivity contribution in [2.45, 2.75) is 19.4 Å². The minimum Gasteiger partial charge on any atom is -0.505 e. The van der Waals surface area contributed by atoms with Crippen LogP contribution in [0.4, 0.5) is 0 Å². The molecule has 2 N–H and O–H groups in total. The zero-order chi connectivity index (χ0) is 18.2. The summed E-state index contributed by atoms with van der Waals surface area (Å²) < 4.78 is 24.0. The number of sulfone groups is 1. The summed E-state index contributed by atoms with van der Waals surface area (Å²) in [5, 5.41) is 16.4. The molecule has 1 unspecified atom stereocenters. The zero-order valence-corrected chi connectivity index (χ0v) is 14.3. The maximum Gasteiger partial charge on any atom is 0.275 e. The summed E-state index contributed by atoms with van der Waals surface area (Å²) in [7, 11) is -3.15. The van der Waals surface area contributed by atoms with Crippen molar-refractivity contribution in [2.75, 3.05) is 11.5 Å². The van der Waals surface area contributed by atoms with Gasteiger partial charge in [-0.15, -0.1) is 0 Å². The fraction of sp³-hybridized carbons (Fsp3) is 0.312. The van der Waals surface area contributed by atoms with Gasteiger partial charge in [0.1, 0.15) is 0 Å². The van der Waals surface area contributed by atoms with Crippen molar-refractivity contribution >= 4 is 15.7 Å². The Labute approximate surface area is 144 Å². The number of hydrogen-bond acceptors (Lipinski definition) is 6. The molecule has 9 heteroatoms. The highest BCUT2D eigenvalue weighted by molar-refractivity contribution is 7.91. The average Bonchev–Trinajstić information content (AvgIpc) is 2.86. The first-order valence-electron chi connectivity index (χ1n) is 7.67. The highest BCUT2D eigenvalue weighted by Gasteiger charge is 2.30. The van der Waals surface area contributed by atoms with Crippen LogP contribution >= 0.6 is 0 Å². The maximum absolute atomic E-state index is 12.4. The first kappa shape index (κ1) is 17.2. The quantitative estimate of drug-likeness (QED) is 0.802. The second kappa shape index (κ2) is 6.32. The summed E-state index contributed by atoms with van der Waals surface area (Å²) in [6, 6.07) is 7.35. The third-order valence-corrected chi connectivity index (χ3v) is 5.71. The van der Waals surface area contributed by atoms with Gasteiger partial charge in [-0.2, -0.15) is 9.78 Å². The summed E-state index contributed by atoms with van der Waals surface area (Å²) in [5.41, 5.74) is 0.456. The molecule has 1 amide bonds. The number of aromatic nitrogens is 2. The Morgan fingerprint density at radius 1 is 1.36 bits per heavy atom. The van der Waals surface area contributed by atoms with Crippen molar-refractivity contribution < 1.29 is 18.3 Å². The van der Waals surface area contributed by atoms with E-state index in [1.807, 2.05) is 13.0 Å². The first-order chi connectivity index (χ1) is 11.7. The molecule has 1 aromatic heterocycles. The fourth-order valence-corrected chi connectivity index (χ4v) is 4.39. The summed E-state index contributed by atoms with van der Waals surface area (Å²) >= 11 is 0. The van der Waals surface area contributed by atoms with Gasteiger partial charge in [0.15, 0.2) is 21.3 Å². The van der Waals surface area contributed by atoms with E-state index in [-0.39, 0.29) is 17.2 Å². The molecule has 1 aliphatic heterocycles. The number of hydrogen-bond donors (Lipinski definition) is 2. The average molecular weight is 363 g/mol. The number of carbonyl (C=O) groups is 1. The molecule has 1 aromatic carbocycles. The van der Waals surface area contributed by atoms with Gasteiger partial charge in [-0.1, -0.05) is 12.1 Å². The molecule has 1 saturated heterocycles. The molecular formula is C16H17N3O5S. The lowest BCUT2D eigenvalue weighted by Gasteiger charge is -2.12. The third kappa shape index (κ3) is 3.71. The molecule has 1 fully saturated rings. The number of rotatable bonds is 3. The van der Waals surface area contributed by atoms with E-state index in [0.29, 0.717) is 12.1 Å². The van der Waals surface area contributed by atoms with Crippen LogP contribution in [0, 0.1) is 6.92 Å². The molecule has 0 radical (unpaired) electrons. The molecule has 0 bridgehead atoms. The summed E-state index contributed by atoms with van der Waals surface area (Å²) in [4.78, 5) is 24.4. The number of carbonyl (C=O) groups excluding carboxylic acids is 1. The van der Waals surface area contributed by atoms with Gasteiger partial charge in [-0.05, 0) is 31.0 Å². The SMILES string of the molecule is Cc1cccc(-n2nc(C(=O)NC3CCS(=O)(=O)C3)c(O)cc2=O)c1. The second-order valence-corrected chi connectivity index (χ2v) is 8.27. The Bertz CT molecular complexity index is 997. The minimum absolute atomic E-state index is 0.0140. The van der Waals surface area contributed by atoms with Crippen LogP contribution in [0.3, 0.4) is 0 Å². The molecule has 8 nitrogen and oxygen atoms in total. The van der Waals surface area contributed by atoms with Gasteiger partial charge in [-0.3, -0.25) is 9.59 Å². The molecule has 3 rings (SSSR count). The van der Waals surface area contributed by atoms with Gasteiger partial charge in [-0.25, -0.2) is 8.42 Å². The van der Waals surface area contributed by atoms with Crippen LogP contribution in [-0.4, -0.2) is 46.8 Å². The first-order valence-corrected chi connectivity index (χ1v) is 9.49. The molecule has 2 aromatic rings. The van der Waals surface area contributed by atoms with Crippen molar-refractivity contribution in [3.63, 3.8) is 0 Å². The molecule has 132 valence electrons. The van der Waals surface area contributed by atoms with Crippen molar-refractivity contribution in [3.05, 3.63) is 51.9 Å². The van der Waals surface area contributed by atoms with E-state index in [1.165, 1.54) is 0 Å². The molecule has 0 spiro atoms. The van der Waals surface area contributed by atoms with Gasteiger partial charge < -0.3 is 10.4 Å². The van der Waals surface area contributed by atoms with Gasteiger partial charge in [0.05, 0.1) is 17.2 Å². The molecule has 2 heterocycles. The molecule has 1 atom stereocenters. The van der Waals surface area contributed by atoms with Gasteiger partial charge in [0.25, 0.3) is 11.5 Å². The van der Waals surface area contributed by atoms with Gasteiger partial charge in [0.2, 0.25) is 0 Å². The van der Waals surface area contributed by atoms with E-state index in [4.69, 9.17) is 0 Å². The van der Waals surface area contributed by atoms with Crippen LogP contribution in [0.1, 0.15) is 22.5 Å². The molecular weight excluding hydrogens is 346 g/mol. The van der Waals surface area contributed by atoms with E-state index in [0.717, 1.165) is 16.3 Å². The van der Waals surface area contributed by atoms with E-state index in [9.17, 15) is 23.1 Å². The van der Waals surface area contributed by atoms with Crippen molar-refractivity contribution in [3.8, 4) is 11.4 Å². The molecule has 1 aliphatic rings. The standard InChI is InChI=1S/C16H17N3O5S/c1-10-3-2-4-12(7-10)19-14(21)8-13(20)15(18-19)16(22)17-11-5-6-25(23,24)9-11/h2-4,7-8,11,20H,5-6,9H2,1H3,(H,17,22). The van der Waals surface area contributed by atoms with Gasteiger partial charge in [0, 0.05) is 12.1 Å². The fourth-order valence-electron chi connectivity index (χ4n) is 2.72. The monoisotopic (exact) mass is 363 g/mol. The van der Waals surface area contributed by atoms with Crippen LogP contribution in [0.15, 0.2) is 35.1 Å². The predicted octanol–water partition coefficient (Wildman–Crippen LogP) is 0.163. The second-order valence-electron chi connectivity index (χ2n) is 6.04. The highest BCUT2D eigenvalue weighted by Crippen LogP contribution is 2.16. The molecule has 0 saturated carbocycles. The smallest absolute Gasteiger partial charge is 0.275 e. The lowest BCUT2D eigenvalue weighted by molar-refractivity contribution is 0.0931. The Kier molecular flexibility index (Phi) is 4.34. The van der Waals surface area contributed by atoms with Crippen molar-refractivity contribution in [2.24, 2.45) is 0 Å². The Hall–Kier alpha value is -2.68. The summed E-state index contributed by atoms with van der Waals surface area (Å²) in [5.74, 6) is -1.40. The predicted molar refractivity (Wildman–Crippen MR) is 90.8 cm³/mol. The summed E-state index contributed by atoms with van der Waals surface area (Å²) in [6.45, 7) is 1.85. The third-order valence-electron chi connectivity index (χ3n) is 3.94. The number of benzene rings is 1. The van der Waals surface area contributed by atoms with E-state index >= 15 is 0 Å².